The van der Waals surface area contributed by atoms with Crippen molar-refractivity contribution in [3.63, 3.8) is 0 Å². The SMILES string of the molecule is O=C(C[C@@H]1CCOC1)NCc1cnn(-c2ccccc2)c1. The van der Waals surface area contributed by atoms with Crippen LogP contribution in [0.4, 0.5) is 0 Å². The Morgan fingerprint density at radius 2 is 2.24 bits per heavy atom. The van der Waals surface area contributed by atoms with E-state index in [-0.39, 0.29) is 5.91 Å². The number of carbonyl (C=O) groups excluding carboxylic acids is 1. The molecular formula is C16H19N3O2. The van der Waals surface area contributed by atoms with Crippen LogP contribution in [0.1, 0.15) is 18.4 Å². The zero-order valence-corrected chi connectivity index (χ0v) is 11.9. The Hall–Kier alpha value is -2.14. The molecule has 0 spiro atoms. The maximum Gasteiger partial charge on any atom is 0.220 e. The number of nitrogens with zero attached hydrogens (tertiary/aromatic N) is 2. The van der Waals surface area contributed by atoms with Crippen LogP contribution >= 0.6 is 0 Å². The van der Waals surface area contributed by atoms with Crippen molar-refractivity contribution >= 4 is 5.91 Å². The molecule has 3 rings (SSSR count). The van der Waals surface area contributed by atoms with Gasteiger partial charge in [0.1, 0.15) is 0 Å². The van der Waals surface area contributed by atoms with E-state index in [4.69, 9.17) is 4.74 Å². The molecular weight excluding hydrogens is 266 g/mol. The van der Waals surface area contributed by atoms with Crippen LogP contribution in [0.2, 0.25) is 0 Å². The van der Waals surface area contributed by atoms with E-state index in [1.165, 1.54) is 0 Å². The third-order valence-electron chi connectivity index (χ3n) is 3.64. The molecule has 5 heteroatoms. The van der Waals surface area contributed by atoms with Gasteiger partial charge in [0.25, 0.3) is 0 Å². The van der Waals surface area contributed by atoms with Crippen LogP contribution in [0.25, 0.3) is 5.69 Å². The second-order valence-electron chi connectivity index (χ2n) is 5.34. The minimum atomic E-state index is 0.0814. The van der Waals surface area contributed by atoms with Crippen LogP contribution in [-0.4, -0.2) is 28.9 Å². The molecule has 2 aromatic rings. The molecule has 1 fully saturated rings. The first kappa shape index (κ1) is 13.8. The van der Waals surface area contributed by atoms with Gasteiger partial charge >= 0.3 is 0 Å². The highest BCUT2D eigenvalue weighted by molar-refractivity contribution is 5.76. The van der Waals surface area contributed by atoms with Gasteiger partial charge in [0.15, 0.2) is 0 Å². The molecule has 1 N–H and O–H groups in total. The summed E-state index contributed by atoms with van der Waals surface area (Å²) < 4.78 is 7.09. The Kier molecular flexibility index (Phi) is 4.31. The molecule has 0 saturated carbocycles. The van der Waals surface area contributed by atoms with Crippen molar-refractivity contribution in [2.45, 2.75) is 19.4 Å². The lowest BCUT2D eigenvalue weighted by Gasteiger charge is -2.07. The molecule has 1 saturated heterocycles. The van der Waals surface area contributed by atoms with Crippen LogP contribution in [0, 0.1) is 5.92 Å². The average molecular weight is 285 g/mol. The standard InChI is InChI=1S/C16H19N3O2/c20-16(8-13-6-7-21-12-13)17-9-14-10-18-19(11-14)15-4-2-1-3-5-15/h1-5,10-11,13H,6-9,12H2,(H,17,20)/t13-/m0/s1. The first-order chi connectivity index (χ1) is 10.3. The number of hydrogen-bond donors (Lipinski definition) is 1. The Morgan fingerprint density at radius 1 is 1.38 bits per heavy atom. The molecule has 21 heavy (non-hydrogen) atoms. The Labute approximate surface area is 123 Å². The molecule has 1 aromatic carbocycles. The summed E-state index contributed by atoms with van der Waals surface area (Å²) in [5.74, 6) is 0.454. The zero-order chi connectivity index (χ0) is 14.5. The van der Waals surface area contributed by atoms with E-state index >= 15 is 0 Å². The smallest absolute Gasteiger partial charge is 0.220 e. The quantitative estimate of drug-likeness (QED) is 0.913. The number of ether oxygens (including phenoxy) is 1. The lowest BCUT2D eigenvalue weighted by molar-refractivity contribution is -0.122. The van der Waals surface area contributed by atoms with E-state index in [1.807, 2.05) is 41.2 Å². The van der Waals surface area contributed by atoms with Gasteiger partial charge in [-0.3, -0.25) is 4.79 Å². The molecule has 110 valence electrons. The maximum atomic E-state index is 11.9. The molecule has 1 amide bonds. The largest absolute Gasteiger partial charge is 0.381 e. The summed E-state index contributed by atoms with van der Waals surface area (Å²) in [6, 6.07) is 9.91. The monoisotopic (exact) mass is 285 g/mol. The van der Waals surface area contributed by atoms with Gasteiger partial charge in [-0.25, -0.2) is 4.68 Å². The molecule has 1 aliphatic rings. The van der Waals surface area contributed by atoms with Gasteiger partial charge < -0.3 is 10.1 Å². The van der Waals surface area contributed by atoms with E-state index in [0.717, 1.165) is 24.3 Å². The van der Waals surface area contributed by atoms with Crippen molar-refractivity contribution in [3.8, 4) is 5.69 Å². The zero-order valence-electron chi connectivity index (χ0n) is 11.9. The highest BCUT2D eigenvalue weighted by Gasteiger charge is 2.18. The fourth-order valence-corrected chi connectivity index (χ4v) is 2.45. The fraction of sp³-hybridized carbons (Fsp3) is 0.375. The van der Waals surface area contributed by atoms with Gasteiger partial charge in [-0.15, -0.1) is 0 Å². The van der Waals surface area contributed by atoms with Gasteiger partial charge in [0.2, 0.25) is 5.91 Å². The third-order valence-corrected chi connectivity index (χ3v) is 3.64. The molecule has 1 aromatic heterocycles. The Morgan fingerprint density at radius 3 is 3.00 bits per heavy atom. The summed E-state index contributed by atoms with van der Waals surface area (Å²) in [5, 5.41) is 7.26. The summed E-state index contributed by atoms with van der Waals surface area (Å²) >= 11 is 0. The van der Waals surface area contributed by atoms with Crippen molar-refractivity contribution < 1.29 is 9.53 Å². The number of amides is 1. The van der Waals surface area contributed by atoms with Gasteiger partial charge in [-0.2, -0.15) is 5.10 Å². The Bertz CT molecular complexity index is 589. The first-order valence-corrected chi connectivity index (χ1v) is 7.24. The van der Waals surface area contributed by atoms with E-state index in [2.05, 4.69) is 10.4 Å². The minimum Gasteiger partial charge on any atom is -0.381 e. The molecule has 1 atom stereocenters. The summed E-state index contributed by atoms with van der Waals surface area (Å²) in [6.45, 7) is 2.00. The predicted octanol–water partition coefficient (Wildman–Crippen LogP) is 1.92. The molecule has 5 nitrogen and oxygen atoms in total. The highest BCUT2D eigenvalue weighted by Crippen LogP contribution is 2.16. The van der Waals surface area contributed by atoms with Crippen LogP contribution in [0.3, 0.4) is 0 Å². The lowest BCUT2D eigenvalue weighted by atomic mass is 10.0. The molecule has 0 bridgehead atoms. The fourth-order valence-electron chi connectivity index (χ4n) is 2.45. The van der Waals surface area contributed by atoms with E-state index < -0.39 is 0 Å². The van der Waals surface area contributed by atoms with Gasteiger partial charge in [0, 0.05) is 37.9 Å². The highest BCUT2D eigenvalue weighted by atomic mass is 16.5. The maximum absolute atomic E-state index is 11.9. The molecule has 0 aliphatic carbocycles. The number of para-hydroxylation sites is 1. The third kappa shape index (κ3) is 3.70. The summed E-state index contributed by atoms with van der Waals surface area (Å²) in [5.41, 5.74) is 2.01. The Balaban J connectivity index is 1.51. The molecule has 0 radical (unpaired) electrons. The number of rotatable bonds is 5. The molecule has 2 heterocycles. The second kappa shape index (κ2) is 6.54. The number of benzene rings is 1. The van der Waals surface area contributed by atoms with E-state index in [9.17, 15) is 4.79 Å². The number of nitrogens with one attached hydrogen (secondary N) is 1. The first-order valence-electron chi connectivity index (χ1n) is 7.24. The molecule has 1 aliphatic heterocycles. The van der Waals surface area contributed by atoms with E-state index in [1.54, 1.807) is 6.20 Å². The van der Waals surface area contributed by atoms with Crippen molar-refractivity contribution in [3.05, 3.63) is 48.3 Å². The summed E-state index contributed by atoms with van der Waals surface area (Å²) in [7, 11) is 0. The van der Waals surface area contributed by atoms with Crippen molar-refractivity contribution in [2.24, 2.45) is 5.92 Å². The molecule has 0 unspecified atom stereocenters. The van der Waals surface area contributed by atoms with Crippen LogP contribution in [0.5, 0.6) is 0 Å². The number of hydrogen-bond acceptors (Lipinski definition) is 3. The van der Waals surface area contributed by atoms with Gasteiger partial charge in [-0.1, -0.05) is 18.2 Å². The normalized spacial score (nSPS) is 17.8. The second-order valence-corrected chi connectivity index (χ2v) is 5.34. The lowest BCUT2D eigenvalue weighted by Crippen LogP contribution is -2.25. The van der Waals surface area contributed by atoms with Crippen molar-refractivity contribution in [1.29, 1.82) is 0 Å². The van der Waals surface area contributed by atoms with Crippen molar-refractivity contribution in [2.75, 3.05) is 13.2 Å². The van der Waals surface area contributed by atoms with Crippen molar-refractivity contribution in [1.82, 2.24) is 15.1 Å². The van der Waals surface area contributed by atoms with Gasteiger partial charge in [0.05, 0.1) is 11.9 Å². The number of aromatic nitrogens is 2. The van der Waals surface area contributed by atoms with Crippen LogP contribution < -0.4 is 5.32 Å². The van der Waals surface area contributed by atoms with E-state index in [0.29, 0.717) is 25.5 Å². The summed E-state index contributed by atoms with van der Waals surface area (Å²) in [6.07, 6.45) is 5.26. The minimum absolute atomic E-state index is 0.0814. The van der Waals surface area contributed by atoms with Crippen LogP contribution in [0.15, 0.2) is 42.7 Å². The van der Waals surface area contributed by atoms with Gasteiger partial charge in [-0.05, 0) is 24.5 Å². The predicted molar refractivity (Wildman–Crippen MR) is 79.0 cm³/mol. The number of carbonyl (C=O) groups is 1. The average Bonchev–Trinajstić information content (AvgIpc) is 3.17. The van der Waals surface area contributed by atoms with Crippen LogP contribution in [-0.2, 0) is 16.1 Å². The summed E-state index contributed by atoms with van der Waals surface area (Å²) in [4.78, 5) is 11.9. The topological polar surface area (TPSA) is 56.1 Å².